The fourth-order valence-corrected chi connectivity index (χ4v) is 0.292. The summed E-state index contributed by atoms with van der Waals surface area (Å²) in [5, 5.41) is 18.2. The minimum absolute atomic E-state index is 0.231. The Kier molecular flexibility index (Phi) is 2.54. The number of rotatable bonds is 2. The van der Waals surface area contributed by atoms with Crippen LogP contribution in [0, 0.1) is 10.1 Å². The molecule has 1 N–H and O–H groups in total. The van der Waals surface area contributed by atoms with Gasteiger partial charge in [0.25, 0.3) is 5.70 Å². The molecule has 0 atom stereocenters. The zero-order valence-corrected chi connectivity index (χ0v) is 5.62. The summed E-state index contributed by atoms with van der Waals surface area (Å²) in [7, 11) is 0. The molecule has 0 bridgehead atoms. The van der Waals surface area contributed by atoms with Crippen LogP contribution < -0.4 is 0 Å². The summed E-state index contributed by atoms with van der Waals surface area (Å²) in [6.07, 6.45) is 0. The Balaban J connectivity index is 4.67. The van der Waals surface area contributed by atoms with Gasteiger partial charge in [-0.25, -0.2) is 4.79 Å². The first kappa shape index (κ1) is 8.61. The highest BCUT2D eigenvalue weighted by Gasteiger charge is 2.13. The van der Waals surface area contributed by atoms with Gasteiger partial charge < -0.3 is 5.11 Å². The Bertz CT molecular complexity index is 184. The van der Waals surface area contributed by atoms with Crippen LogP contribution in [0.25, 0.3) is 0 Å². The number of carboxylic acid groups (broad SMARTS) is 1. The van der Waals surface area contributed by atoms with E-state index < -0.39 is 10.9 Å². The van der Waals surface area contributed by atoms with Gasteiger partial charge in [-0.05, 0) is 6.92 Å². The quantitative estimate of drug-likeness (QED) is 0.351. The fourth-order valence-electron chi connectivity index (χ4n) is 0.292. The minimum Gasteiger partial charge on any atom is -0.478 e. The van der Waals surface area contributed by atoms with E-state index in [1.807, 2.05) is 0 Å². The predicted octanol–water partition coefficient (Wildman–Crippen LogP) is 0.642. The molecule has 5 heteroatoms. The molecule has 10 heavy (non-hydrogen) atoms. The van der Waals surface area contributed by atoms with Crippen molar-refractivity contribution in [1.29, 1.82) is 0 Å². The largest absolute Gasteiger partial charge is 0.478 e. The Morgan fingerprint density at radius 3 is 2.00 bits per heavy atom. The van der Waals surface area contributed by atoms with Gasteiger partial charge in [-0.2, -0.15) is 0 Å². The second-order valence-corrected chi connectivity index (χ2v) is 1.77. The summed E-state index contributed by atoms with van der Waals surface area (Å²) < 4.78 is 0. The molecule has 0 aromatic heterocycles. The standard InChI is InChI=1S/C5H7NO4/c1-3(5(7)8)4(2)6(9)10/h1-2H3,(H,7,8)/b4-3-. The molecule has 0 aromatic rings. The van der Waals surface area contributed by atoms with Crippen LogP contribution in [-0.4, -0.2) is 16.0 Å². The molecule has 5 nitrogen and oxygen atoms in total. The molecule has 0 rings (SSSR count). The van der Waals surface area contributed by atoms with Gasteiger partial charge >= 0.3 is 5.97 Å². The second kappa shape index (κ2) is 2.95. The van der Waals surface area contributed by atoms with Crippen LogP contribution in [0.5, 0.6) is 0 Å². The van der Waals surface area contributed by atoms with Crippen molar-refractivity contribution in [3.63, 3.8) is 0 Å². The highest BCUT2D eigenvalue weighted by molar-refractivity contribution is 5.86. The van der Waals surface area contributed by atoms with E-state index in [1.54, 1.807) is 0 Å². The highest BCUT2D eigenvalue weighted by atomic mass is 16.6. The van der Waals surface area contributed by atoms with E-state index in [9.17, 15) is 14.9 Å². The van der Waals surface area contributed by atoms with Crippen molar-refractivity contribution in [3.8, 4) is 0 Å². The molecule has 0 spiro atoms. The third-order valence-electron chi connectivity index (χ3n) is 1.14. The second-order valence-electron chi connectivity index (χ2n) is 1.77. The van der Waals surface area contributed by atoms with Gasteiger partial charge in [0.1, 0.15) is 5.57 Å². The third-order valence-corrected chi connectivity index (χ3v) is 1.14. The van der Waals surface area contributed by atoms with E-state index in [-0.39, 0.29) is 11.3 Å². The van der Waals surface area contributed by atoms with E-state index in [4.69, 9.17) is 5.11 Å². The number of nitro groups is 1. The molecule has 0 aliphatic carbocycles. The van der Waals surface area contributed by atoms with Crippen molar-refractivity contribution >= 4 is 5.97 Å². The molecular formula is C5H7NO4. The molecule has 0 radical (unpaired) electrons. The van der Waals surface area contributed by atoms with Crippen molar-refractivity contribution in [3.05, 3.63) is 21.4 Å². The lowest BCUT2D eigenvalue weighted by molar-refractivity contribution is -0.425. The van der Waals surface area contributed by atoms with Gasteiger partial charge in [0, 0.05) is 6.92 Å². The fraction of sp³-hybridized carbons (Fsp3) is 0.400. The molecule has 0 heterocycles. The van der Waals surface area contributed by atoms with Gasteiger partial charge in [0.2, 0.25) is 0 Å². The minimum atomic E-state index is -1.26. The third kappa shape index (κ3) is 1.85. The van der Waals surface area contributed by atoms with E-state index >= 15 is 0 Å². The zero-order chi connectivity index (χ0) is 8.31. The maximum Gasteiger partial charge on any atom is 0.337 e. The molecule has 0 fully saturated rings. The lowest BCUT2D eigenvalue weighted by Crippen LogP contribution is -2.05. The van der Waals surface area contributed by atoms with Crippen molar-refractivity contribution in [2.24, 2.45) is 0 Å². The van der Waals surface area contributed by atoms with Crippen LogP contribution >= 0.6 is 0 Å². The number of hydrogen-bond acceptors (Lipinski definition) is 3. The van der Waals surface area contributed by atoms with Crippen LogP contribution in [0.3, 0.4) is 0 Å². The molecule has 0 aromatic carbocycles. The van der Waals surface area contributed by atoms with E-state index in [0.29, 0.717) is 0 Å². The normalized spacial score (nSPS) is 12.2. The molecular weight excluding hydrogens is 138 g/mol. The summed E-state index contributed by atoms with van der Waals surface area (Å²) in [6.45, 7) is 2.35. The number of aliphatic carboxylic acids is 1. The van der Waals surface area contributed by atoms with Crippen LogP contribution in [0.4, 0.5) is 0 Å². The van der Waals surface area contributed by atoms with Crippen LogP contribution in [0.1, 0.15) is 13.8 Å². The van der Waals surface area contributed by atoms with Gasteiger partial charge in [0.15, 0.2) is 0 Å². The molecule has 0 aliphatic rings. The van der Waals surface area contributed by atoms with Gasteiger partial charge in [-0.3, -0.25) is 10.1 Å². The number of nitrogens with zero attached hydrogens (tertiary/aromatic N) is 1. The summed E-state index contributed by atoms with van der Waals surface area (Å²) in [4.78, 5) is 19.3. The SMILES string of the molecule is C/C(C(=O)O)=C(\C)[N+](=O)[O-]. The Morgan fingerprint density at radius 1 is 1.50 bits per heavy atom. The van der Waals surface area contributed by atoms with Gasteiger partial charge in [0.05, 0.1) is 4.92 Å². The zero-order valence-electron chi connectivity index (χ0n) is 5.62. The first-order valence-corrected chi connectivity index (χ1v) is 2.52. The van der Waals surface area contributed by atoms with Crippen LogP contribution in [0.15, 0.2) is 11.3 Å². The molecule has 0 saturated carbocycles. The molecule has 0 aliphatic heterocycles. The summed E-state index contributed by atoms with van der Waals surface area (Å²) in [6, 6.07) is 0. The molecule has 0 unspecified atom stereocenters. The smallest absolute Gasteiger partial charge is 0.337 e. The van der Waals surface area contributed by atoms with Crippen LogP contribution in [0.2, 0.25) is 0 Å². The number of carboxylic acids is 1. The lowest BCUT2D eigenvalue weighted by Gasteiger charge is -1.91. The topological polar surface area (TPSA) is 80.4 Å². The van der Waals surface area contributed by atoms with Gasteiger partial charge in [-0.1, -0.05) is 0 Å². The van der Waals surface area contributed by atoms with Crippen molar-refractivity contribution < 1.29 is 14.8 Å². The molecule has 0 saturated heterocycles. The predicted molar refractivity (Wildman–Crippen MR) is 33.0 cm³/mol. The maximum atomic E-state index is 10.1. The van der Waals surface area contributed by atoms with E-state index in [0.717, 1.165) is 6.92 Å². The Hall–Kier alpha value is -1.39. The van der Waals surface area contributed by atoms with Crippen molar-refractivity contribution in [1.82, 2.24) is 0 Å². The average molecular weight is 145 g/mol. The first-order valence-electron chi connectivity index (χ1n) is 2.52. The summed E-state index contributed by atoms with van der Waals surface area (Å²) in [5.41, 5.74) is -0.558. The first-order chi connectivity index (χ1) is 4.46. The monoisotopic (exact) mass is 145 g/mol. The maximum absolute atomic E-state index is 10.1. The Morgan fingerprint density at radius 2 is 1.90 bits per heavy atom. The van der Waals surface area contributed by atoms with Crippen LogP contribution in [-0.2, 0) is 4.79 Å². The number of allylic oxidation sites excluding steroid dienone is 1. The number of carbonyl (C=O) groups is 1. The highest BCUT2D eigenvalue weighted by Crippen LogP contribution is 2.02. The molecule has 56 valence electrons. The van der Waals surface area contributed by atoms with E-state index in [2.05, 4.69) is 0 Å². The number of hydrogen-bond donors (Lipinski definition) is 1. The van der Waals surface area contributed by atoms with Gasteiger partial charge in [-0.15, -0.1) is 0 Å². The van der Waals surface area contributed by atoms with Crippen molar-refractivity contribution in [2.45, 2.75) is 13.8 Å². The summed E-state index contributed by atoms with van der Waals surface area (Å²) in [5.74, 6) is -1.26. The average Bonchev–Trinajstić information content (AvgIpc) is 1.84. The summed E-state index contributed by atoms with van der Waals surface area (Å²) >= 11 is 0. The van der Waals surface area contributed by atoms with Crippen molar-refractivity contribution in [2.75, 3.05) is 0 Å². The van der Waals surface area contributed by atoms with E-state index in [1.165, 1.54) is 6.92 Å². The molecule has 0 amide bonds. The Labute approximate surface area is 57.1 Å². The lowest BCUT2D eigenvalue weighted by atomic mass is 10.2.